The van der Waals surface area contributed by atoms with Crippen LogP contribution in [0.2, 0.25) is 0 Å². The number of rotatable bonds is 1. The van der Waals surface area contributed by atoms with Crippen LogP contribution in [0.5, 0.6) is 0 Å². The SMILES string of the molecule is Cc1cc(C)c(-c2cnc3n2-c2oc(C)nc2C2COC=C32)c(C)c1. The summed E-state index contributed by atoms with van der Waals surface area (Å²) >= 11 is 0. The Morgan fingerprint density at radius 2 is 1.88 bits per heavy atom. The Kier molecular flexibility index (Phi) is 2.82. The molecule has 0 bridgehead atoms. The molecule has 0 spiro atoms. The average molecular weight is 333 g/mol. The molecule has 0 saturated heterocycles. The molecule has 0 saturated carbocycles. The van der Waals surface area contributed by atoms with Crippen LogP contribution >= 0.6 is 0 Å². The predicted octanol–water partition coefficient (Wildman–Crippen LogP) is 4.23. The molecule has 0 aliphatic carbocycles. The Balaban J connectivity index is 1.83. The fourth-order valence-electron chi connectivity index (χ4n) is 4.18. The third-order valence-corrected chi connectivity index (χ3v) is 5.08. The second-order valence-electron chi connectivity index (χ2n) is 6.96. The second kappa shape index (κ2) is 4.85. The minimum Gasteiger partial charge on any atom is -0.500 e. The topological polar surface area (TPSA) is 53.1 Å². The molecule has 1 aromatic carbocycles. The van der Waals surface area contributed by atoms with E-state index in [9.17, 15) is 0 Å². The van der Waals surface area contributed by atoms with Gasteiger partial charge in [0.25, 0.3) is 0 Å². The number of ether oxygens (including phenoxy) is 1. The van der Waals surface area contributed by atoms with Gasteiger partial charge < -0.3 is 9.15 Å². The van der Waals surface area contributed by atoms with Crippen molar-refractivity contribution < 1.29 is 9.15 Å². The summed E-state index contributed by atoms with van der Waals surface area (Å²) in [5.74, 6) is 2.43. The van der Waals surface area contributed by atoms with Crippen LogP contribution in [0.3, 0.4) is 0 Å². The molecule has 0 fully saturated rings. The standard InChI is InChI=1S/C20H19N3O2/c1-10-5-11(2)17(12(3)6-10)16-7-21-19-15-9-24-8-14(15)18-20(23(16)19)25-13(4)22-18/h5-7,9,14H,8H2,1-4H3. The summed E-state index contributed by atoms with van der Waals surface area (Å²) in [6, 6.07) is 4.41. The van der Waals surface area contributed by atoms with Crippen LogP contribution in [-0.4, -0.2) is 21.1 Å². The lowest BCUT2D eigenvalue weighted by Crippen LogP contribution is -2.16. The maximum Gasteiger partial charge on any atom is 0.230 e. The minimum absolute atomic E-state index is 0.107. The first-order valence-corrected chi connectivity index (χ1v) is 8.50. The van der Waals surface area contributed by atoms with Crippen LogP contribution in [0.4, 0.5) is 0 Å². The molecule has 25 heavy (non-hydrogen) atoms. The maximum absolute atomic E-state index is 5.99. The Morgan fingerprint density at radius 3 is 2.64 bits per heavy atom. The van der Waals surface area contributed by atoms with Gasteiger partial charge >= 0.3 is 0 Å². The van der Waals surface area contributed by atoms with Crippen LogP contribution in [0, 0.1) is 27.7 Å². The highest BCUT2D eigenvalue weighted by Crippen LogP contribution is 2.46. The van der Waals surface area contributed by atoms with Gasteiger partial charge in [0.2, 0.25) is 5.88 Å². The van der Waals surface area contributed by atoms with Gasteiger partial charge in [-0.15, -0.1) is 0 Å². The fraction of sp³-hybridized carbons (Fsp3) is 0.300. The molecule has 1 unspecified atom stereocenters. The Morgan fingerprint density at radius 1 is 1.12 bits per heavy atom. The van der Waals surface area contributed by atoms with Crippen molar-refractivity contribution in [1.82, 2.24) is 14.5 Å². The number of oxazole rings is 1. The first kappa shape index (κ1) is 14.5. The van der Waals surface area contributed by atoms with Gasteiger partial charge in [-0.2, -0.15) is 0 Å². The van der Waals surface area contributed by atoms with E-state index in [1.807, 2.05) is 19.4 Å². The van der Waals surface area contributed by atoms with Crippen LogP contribution in [-0.2, 0) is 4.74 Å². The molecule has 2 aliphatic heterocycles. The van der Waals surface area contributed by atoms with Gasteiger partial charge in [-0.05, 0) is 31.9 Å². The Labute approximate surface area is 146 Å². The fourth-order valence-corrected chi connectivity index (χ4v) is 4.18. The summed E-state index contributed by atoms with van der Waals surface area (Å²) in [4.78, 5) is 9.35. The normalized spacial score (nSPS) is 17.6. The lowest BCUT2D eigenvalue weighted by Gasteiger charge is -2.21. The van der Waals surface area contributed by atoms with E-state index in [0.29, 0.717) is 12.5 Å². The van der Waals surface area contributed by atoms with Crippen molar-refractivity contribution in [3.63, 3.8) is 0 Å². The van der Waals surface area contributed by atoms with Gasteiger partial charge in [-0.1, -0.05) is 17.7 Å². The summed E-state index contributed by atoms with van der Waals surface area (Å²) in [6.45, 7) is 8.89. The molecule has 3 aromatic rings. The summed E-state index contributed by atoms with van der Waals surface area (Å²) in [6.07, 6.45) is 3.75. The first-order chi connectivity index (χ1) is 12.0. The summed E-state index contributed by atoms with van der Waals surface area (Å²) in [5, 5.41) is 0. The number of aryl methyl sites for hydroxylation is 4. The zero-order valence-electron chi connectivity index (χ0n) is 14.8. The number of nitrogens with zero attached hydrogens (tertiary/aromatic N) is 3. The van der Waals surface area contributed by atoms with Crippen LogP contribution < -0.4 is 0 Å². The molecule has 2 aromatic heterocycles. The highest BCUT2D eigenvalue weighted by atomic mass is 16.5. The molecule has 5 heteroatoms. The third-order valence-electron chi connectivity index (χ3n) is 5.08. The van der Waals surface area contributed by atoms with Gasteiger partial charge in [0, 0.05) is 18.1 Å². The quantitative estimate of drug-likeness (QED) is 0.669. The van der Waals surface area contributed by atoms with E-state index in [1.165, 1.54) is 22.3 Å². The lowest BCUT2D eigenvalue weighted by molar-refractivity contribution is 0.268. The summed E-state index contributed by atoms with van der Waals surface area (Å²) < 4.78 is 13.7. The molecule has 1 atom stereocenters. The van der Waals surface area contributed by atoms with E-state index in [-0.39, 0.29) is 5.92 Å². The second-order valence-corrected chi connectivity index (χ2v) is 6.96. The molecule has 4 heterocycles. The largest absolute Gasteiger partial charge is 0.500 e. The summed E-state index contributed by atoms with van der Waals surface area (Å²) in [5.41, 5.74) is 7.98. The van der Waals surface area contributed by atoms with E-state index < -0.39 is 0 Å². The molecule has 0 N–H and O–H groups in total. The number of benzene rings is 1. The first-order valence-electron chi connectivity index (χ1n) is 8.50. The van der Waals surface area contributed by atoms with Crippen molar-refractivity contribution >= 4 is 5.57 Å². The summed E-state index contributed by atoms with van der Waals surface area (Å²) in [7, 11) is 0. The molecule has 5 nitrogen and oxygen atoms in total. The molecule has 5 rings (SSSR count). The zero-order valence-corrected chi connectivity index (χ0v) is 14.8. The highest BCUT2D eigenvalue weighted by Gasteiger charge is 2.39. The van der Waals surface area contributed by atoms with Crippen molar-refractivity contribution in [2.24, 2.45) is 0 Å². The van der Waals surface area contributed by atoms with Crippen molar-refractivity contribution in [1.29, 1.82) is 0 Å². The number of hydrogen-bond donors (Lipinski definition) is 0. The highest BCUT2D eigenvalue weighted by molar-refractivity contribution is 5.79. The van der Waals surface area contributed by atoms with E-state index in [0.717, 1.165) is 28.7 Å². The van der Waals surface area contributed by atoms with Crippen molar-refractivity contribution in [2.45, 2.75) is 33.6 Å². The third kappa shape index (κ3) is 1.89. The Bertz CT molecular complexity index is 1030. The van der Waals surface area contributed by atoms with Crippen molar-refractivity contribution in [3.05, 3.63) is 58.7 Å². The molecular weight excluding hydrogens is 314 g/mol. The molecule has 0 radical (unpaired) electrons. The van der Waals surface area contributed by atoms with E-state index in [4.69, 9.17) is 14.1 Å². The van der Waals surface area contributed by atoms with Crippen molar-refractivity contribution in [3.8, 4) is 17.1 Å². The number of hydrogen-bond acceptors (Lipinski definition) is 4. The van der Waals surface area contributed by atoms with Gasteiger partial charge in [0.15, 0.2) is 5.89 Å². The zero-order chi connectivity index (χ0) is 17.3. The Hall–Kier alpha value is -2.82. The number of fused-ring (bicyclic) bond motifs is 6. The maximum atomic E-state index is 5.99. The molecule has 2 aliphatic rings. The van der Waals surface area contributed by atoms with Gasteiger partial charge in [-0.25, -0.2) is 9.97 Å². The lowest BCUT2D eigenvalue weighted by atomic mass is 9.94. The van der Waals surface area contributed by atoms with E-state index in [1.54, 1.807) is 0 Å². The van der Waals surface area contributed by atoms with Gasteiger partial charge in [-0.3, -0.25) is 4.57 Å². The van der Waals surface area contributed by atoms with Gasteiger partial charge in [0.1, 0.15) is 18.1 Å². The monoisotopic (exact) mass is 333 g/mol. The van der Waals surface area contributed by atoms with Crippen LogP contribution in [0.25, 0.3) is 22.7 Å². The minimum atomic E-state index is 0.107. The molecule has 126 valence electrons. The molecular formula is C20H19N3O2. The van der Waals surface area contributed by atoms with Crippen LogP contribution in [0.1, 0.15) is 40.0 Å². The van der Waals surface area contributed by atoms with Crippen molar-refractivity contribution in [2.75, 3.05) is 6.61 Å². The smallest absolute Gasteiger partial charge is 0.230 e. The average Bonchev–Trinajstić information content (AvgIpc) is 3.22. The number of aromatic nitrogens is 3. The number of imidazole rings is 1. The van der Waals surface area contributed by atoms with E-state index >= 15 is 0 Å². The predicted molar refractivity (Wildman–Crippen MR) is 94.7 cm³/mol. The molecule has 0 amide bonds. The van der Waals surface area contributed by atoms with E-state index in [2.05, 4.69) is 42.5 Å². The van der Waals surface area contributed by atoms with Crippen LogP contribution in [0.15, 0.2) is 29.0 Å². The van der Waals surface area contributed by atoms with Gasteiger partial charge in [0.05, 0.1) is 24.1 Å².